The Balaban J connectivity index is 2.87. The minimum Gasteiger partial charge on any atom is -0.478 e. The second-order valence-corrected chi connectivity index (χ2v) is 4.01. The summed E-state index contributed by atoms with van der Waals surface area (Å²) in [6.45, 7) is 0.700. The number of aromatic carboxylic acids is 1. The fourth-order valence-corrected chi connectivity index (χ4v) is 1.66. The molecule has 0 spiro atoms. The van der Waals surface area contributed by atoms with Crippen molar-refractivity contribution in [3.8, 4) is 0 Å². The van der Waals surface area contributed by atoms with E-state index >= 15 is 0 Å². The summed E-state index contributed by atoms with van der Waals surface area (Å²) in [5.41, 5.74) is -0.0917. The Morgan fingerprint density at radius 2 is 2.16 bits per heavy atom. The van der Waals surface area contributed by atoms with Crippen LogP contribution in [0, 0.1) is 0 Å². The highest BCUT2D eigenvalue weighted by molar-refractivity contribution is 5.88. The van der Waals surface area contributed by atoms with Gasteiger partial charge < -0.3 is 5.11 Å². The molecule has 0 bridgehead atoms. The summed E-state index contributed by atoms with van der Waals surface area (Å²) in [6, 6.07) is 0. The Kier molecular flexibility index (Phi) is 5.22. The third kappa shape index (κ3) is 5.21. The average molecular weight is 277 g/mol. The zero-order valence-electron chi connectivity index (χ0n) is 10.3. The minimum atomic E-state index is -4.33. The second-order valence-electron chi connectivity index (χ2n) is 4.01. The maximum Gasteiger partial charge on any atom is 0.401 e. The summed E-state index contributed by atoms with van der Waals surface area (Å²) in [5.74, 6) is -1.25. The summed E-state index contributed by atoms with van der Waals surface area (Å²) in [5, 5.41) is 8.92. The molecule has 106 valence electrons. The van der Waals surface area contributed by atoms with E-state index in [4.69, 9.17) is 5.11 Å². The number of carboxylic acid groups (broad SMARTS) is 1. The number of nitrogens with zero attached hydrogens (tertiary/aromatic N) is 3. The van der Waals surface area contributed by atoms with E-state index in [0.717, 1.165) is 17.4 Å². The predicted molar refractivity (Wildman–Crippen MR) is 60.6 cm³/mol. The van der Waals surface area contributed by atoms with E-state index in [1.54, 1.807) is 6.92 Å². The van der Waals surface area contributed by atoms with Crippen molar-refractivity contribution in [1.82, 2.24) is 14.9 Å². The minimum absolute atomic E-state index is 0.0835. The van der Waals surface area contributed by atoms with Crippen molar-refractivity contribution in [2.24, 2.45) is 0 Å². The van der Waals surface area contributed by atoms with E-state index in [9.17, 15) is 18.0 Å². The highest BCUT2D eigenvalue weighted by Crippen LogP contribution is 2.18. The predicted octanol–water partition coefficient (Wildman–Crippen LogP) is 1.95. The third-order valence-electron chi connectivity index (χ3n) is 2.34. The summed E-state index contributed by atoms with van der Waals surface area (Å²) < 4.78 is 37.2. The van der Waals surface area contributed by atoms with Crippen molar-refractivity contribution >= 4 is 5.97 Å². The van der Waals surface area contributed by atoms with Crippen LogP contribution in [0.4, 0.5) is 13.2 Å². The number of halogens is 3. The molecule has 19 heavy (non-hydrogen) atoms. The number of hydrogen-bond donors (Lipinski definition) is 1. The van der Waals surface area contributed by atoms with Crippen LogP contribution in [0.3, 0.4) is 0 Å². The van der Waals surface area contributed by atoms with Crippen molar-refractivity contribution in [3.63, 3.8) is 0 Å². The van der Waals surface area contributed by atoms with Crippen LogP contribution in [-0.4, -0.2) is 45.2 Å². The zero-order chi connectivity index (χ0) is 14.5. The normalized spacial score (nSPS) is 11.8. The number of carbonyl (C=O) groups is 1. The van der Waals surface area contributed by atoms with Crippen molar-refractivity contribution in [1.29, 1.82) is 0 Å². The monoisotopic (exact) mass is 277 g/mol. The lowest BCUT2D eigenvalue weighted by molar-refractivity contribution is -0.147. The summed E-state index contributed by atoms with van der Waals surface area (Å²) in [4.78, 5) is 19.4. The maximum atomic E-state index is 12.4. The summed E-state index contributed by atoms with van der Waals surface area (Å²) in [6.07, 6.45) is -1.59. The number of rotatable bonds is 6. The van der Waals surface area contributed by atoms with Crippen LogP contribution >= 0.6 is 0 Å². The third-order valence-corrected chi connectivity index (χ3v) is 2.34. The van der Waals surface area contributed by atoms with Crippen LogP contribution in [0.1, 0.15) is 29.4 Å². The van der Waals surface area contributed by atoms with Crippen LogP contribution in [0.5, 0.6) is 0 Å². The lowest BCUT2D eigenvalue weighted by Gasteiger charge is -2.23. The van der Waals surface area contributed by atoms with Gasteiger partial charge >= 0.3 is 12.1 Å². The first-order chi connectivity index (χ1) is 8.83. The maximum absolute atomic E-state index is 12.4. The Hall–Kier alpha value is -1.70. The molecular formula is C11H14F3N3O2. The molecule has 0 radical (unpaired) electrons. The molecule has 0 atom stereocenters. The standard InChI is InChI=1S/C11H14F3N3O2/c1-2-3-17(6-11(12,13)14)5-9-8(10(18)19)4-15-7-16-9/h4,7H,2-3,5-6H2,1H3,(H,18,19). The van der Waals surface area contributed by atoms with Crippen molar-refractivity contribution in [2.45, 2.75) is 26.1 Å². The molecule has 0 amide bonds. The zero-order valence-corrected chi connectivity index (χ0v) is 10.3. The van der Waals surface area contributed by atoms with Crippen LogP contribution in [0.15, 0.2) is 12.5 Å². The molecule has 0 fully saturated rings. The van der Waals surface area contributed by atoms with Crippen molar-refractivity contribution in [2.75, 3.05) is 13.1 Å². The molecule has 0 aromatic carbocycles. The van der Waals surface area contributed by atoms with E-state index in [1.165, 1.54) is 0 Å². The van der Waals surface area contributed by atoms with E-state index in [1.807, 2.05) is 0 Å². The van der Waals surface area contributed by atoms with E-state index in [-0.39, 0.29) is 24.3 Å². The quantitative estimate of drug-likeness (QED) is 0.860. The van der Waals surface area contributed by atoms with Gasteiger partial charge in [0.1, 0.15) is 11.9 Å². The average Bonchev–Trinajstić information content (AvgIpc) is 2.27. The lowest BCUT2D eigenvalue weighted by Crippen LogP contribution is -2.35. The van der Waals surface area contributed by atoms with Gasteiger partial charge in [0.25, 0.3) is 0 Å². The Morgan fingerprint density at radius 3 is 2.68 bits per heavy atom. The van der Waals surface area contributed by atoms with Gasteiger partial charge in [0, 0.05) is 12.7 Å². The first-order valence-corrected chi connectivity index (χ1v) is 5.64. The summed E-state index contributed by atoms with van der Waals surface area (Å²) in [7, 11) is 0. The van der Waals surface area contributed by atoms with Gasteiger partial charge in [-0.25, -0.2) is 14.8 Å². The molecule has 0 aliphatic rings. The van der Waals surface area contributed by atoms with Crippen LogP contribution < -0.4 is 0 Å². The summed E-state index contributed by atoms with van der Waals surface area (Å²) >= 11 is 0. The van der Waals surface area contributed by atoms with Gasteiger partial charge in [-0.3, -0.25) is 4.90 Å². The molecular weight excluding hydrogens is 263 g/mol. The molecule has 0 unspecified atom stereocenters. The highest BCUT2D eigenvalue weighted by Gasteiger charge is 2.31. The molecule has 1 rings (SSSR count). The SMILES string of the molecule is CCCN(Cc1ncncc1C(=O)O)CC(F)(F)F. The molecule has 1 aromatic rings. The largest absolute Gasteiger partial charge is 0.478 e. The lowest BCUT2D eigenvalue weighted by atomic mass is 10.2. The Morgan fingerprint density at radius 1 is 1.47 bits per heavy atom. The topological polar surface area (TPSA) is 66.3 Å². The van der Waals surface area contributed by atoms with E-state index < -0.39 is 18.7 Å². The number of carboxylic acids is 1. The Bertz CT molecular complexity index is 437. The highest BCUT2D eigenvalue weighted by atomic mass is 19.4. The smallest absolute Gasteiger partial charge is 0.401 e. The Labute approximate surface area is 108 Å². The van der Waals surface area contributed by atoms with Gasteiger partial charge in [-0.15, -0.1) is 0 Å². The second kappa shape index (κ2) is 6.46. The van der Waals surface area contributed by atoms with E-state index in [2.05, 4.69) is 9.97 Å². The molecule has 1 N–H and O–H groups in total. The molecule has 5 nitrogen and oxygen atoms in total. The van der Waals surface area contributed by atoms with Crippen LogP contribution in [-0.2, 0) is 6.54 Å². The molecule has 1 heterocycles. The van der Waals surface area contributed by atoms with Crippen LogP contribution in [0.2, 0.25) is 0 Å². The molecule has 8 heteroatoms. The van der Waals surface area contributed by atoms with Gasteiger partial charge in [-0.1, -0.05) is 6.92 Å². The van der Waals surface area contributed by atoms with Gasteiger partial charge in [0.15, 0.2) is 0 Å². The van der Waals surface area contributed by atoms with Crippen LogP contribution in [0.25, 0.3) is 0 Å². The van der Waals surface area contributed by atoms with Gasteiger partial charge in [-0.2, -0.15) is 13.2 Å². The van der Waals surface area contributed by atoms with Gasteiger partial charge in [0.2, 0.25) is 0 Å². The number of hydrogen-bond acceptors (Lipinski definition) is 4. The molecule has 0 saturated carbocycles. The first kappa shape index (κ1) is 15.4. The van der Waals surface area contributed by atoms with Crippen molar-refractivity contribution in [3.05, 3.63) is 23.8 Å². The fourth-order valence-electron chi connectivity index (χ4n) is 1.66. The molecule has 1 aromatic heterocycles. The fraction of sp³-hybridized carbons (Fsp3) is 0.545. The van der Waals surface area contributed by atoms with E-state index in [0.29, 0.717) is 6.42 Å². The molecule has 0 saturated heterocycles. The van der Waals surface area contributed by atoms with Crippen molar-refractivity contribution < 1.29 is 23.1 Å². The first-order valence-electron chi connectivity index (χ1n) is 5.64. The molecule has 0 aliphatic heterocycles. The number of alkyl halides is 3. The number of aromatic nitrogens is 2. The van der Waals surface area contributed by atoms with Gasteiger partial charge in [0.05, 0.1) is 12.2 Å². The molecule has 0 aliphatic carbocycles. The van der Waals surface area contributed by atoms with Gasteiger partial charge in [-0.05, 0) is 13.0 Å².